The van der Waals surface area contributed by atoms with E-state index in [1.807, 2.05) is 19.9 Å². The number of H-pyrrole nitrogens is 1. The highest BCUT2D eigenvalue weighted by Crippen LogP contribution is 2.69. The Labute approximate surface area is 302 Å². The van der Waals surface area contributed by atoms with Crippen molar-refractivity contribution in [2.45, 2.75) is 48.9 Å². The number of amides is 3. The van der Waals surface area contributed by atoms with Gasteiger partial charge in [-0.15, -0.1) is 11.8 Å². The molecule has 2 saturated carbocycles. The number of ether oxygens (including phenoxy) is 1. The molecule has 4 aliphatic rings. The Morgan fingerprint density at radius 1 is 1.08 bits per heavy atom. The number of rotatable bonds is 9. The fourth-order valence-corrected chi connectivity index (χ4v) is 11.8. The van der Waals surface area contributed by atoms with Gasteiger partial charge in [-0.3, -0.25) is 24.1 Å². The number of hydrogen-bond acceptors (Lipinski definition) is 8. The highest BCUT2D eigenvalue weighted by Gasteiger charge is 2.70. The minimum atomic E-state index is -1.21. The number of fused-ring (bicyclic) bond motifs is 9. The van der Waals surface area contributed by atoms with Gasteiger partial charge in [-0.25, -0.2) is 4.79 Å². The Kier molecular flexibility index (Phi) is 8.97. The number of carbonyl (C=O) groups is 4. The van der Waals surface area contributed by atoms with Gasteiger partial charge in [0.1, 0.15) is 11.8 Å². The molecule has 252 valence electrons. The number of thioether (sulfide) groups is 1. The maximum Gasteiger partial charge on any atom is 0.326 e. The largest absolute Gasteiger partial charge is 0.483 e. The summed E-state index contributed by atoms with van der Waals surface area (Å²) in [6, 6.07) is 9.03. The van der Waals surface area contributed by atoms with Crippen LogP contribution in [-0.4, -0.2) is 56.6 Å². The number of nitrogens with one attached hydrogen (secondary N) is 2. The number of benzene rings is 2. The molecule has 15 heteroatoms. The fraction of sp³-hybridized carbons (Fsp3) is 0.424. The standard InChI is InChI=1S/C33H30BrCl2N3O7S2/c1-12(2)7-20(32(43)44)39-30(41)25-16-10-17(26(25)31(39)42)27-24(16)23(28-29(47-27)38-33(45)48-28)15-8-13(34)3-6-21(15)46-11-22(40)37-14-4-5-18(35)19(36)9-14/h3-6,8-9,12,16-17,20,23-27H,7,10-11H2,1-2H3,(H,37,40)(H,38,45)(H,43,44)/t16?,17?,20?,23-,24?,25?,26?,27?/m1/s1. The SMILES string of the molecule is CC(C)CC(C(=O)O)N1C(=O)C2C3CC(C2C1=O)C1C3Sc2[nH]c(=O)sc2[C@@H]1c1cc(Br)ccc1OCC(=O)Nc1ccc(Cl)c(Cl)c1. The van der Waals surface area contributed by atoms with E-state index in [9.17, 15) is 29.1 Å². The van der Waals surface area contributed by atoms with Gasteiger partial charge in [-0.05, 0) is 72.9 Å². The van der Waals surface area contributed by atoms with Gasteiger partial charge in [0.05, 0.1) is 26.9 Å². The first kappa shape index (κ1) is 33.6. The zero-order valence-corrected chi connectivity index (χ0v) is 30.3. The lowest BCUT2D eigenvalue weighted by molar-refractivity contribution is -0.156. The molecule has 3 N–H and O–H groups in total. The first-order valence-electron chi connectivity index (χ1n) is 15.5. The van der Waals surface area contributed by atoms with E-state index >= 15 is 0 Å². The molecule has 0 spiro atoms. The molecule has 3 aromatic rings. The van der Waals surface area contributed by atoms with Crippen molar-refractivity contribution < 1.29 is 29.0 Å². The summed E-state index contributed by atoms with van der Waals surface area (Å²) >= 11 is 18.3. The van der Waals surface area contributed by atoms with Crippen LogP contribution in [0.5, 0.6) is 5.75 Å². The number of carboxylic acid groups (broad SMARTS) is 1. The second-order valence-electron chi connectivity index (χ2n) is 13.1. The van der Waals surface area contributed by atoms with Crippen LogP contribution < -0.4 is 14.9 Å². The van der Waals surface area contributed by atoms with Crippen molar-refractivity contribution in [3.05, 3.63) is 71.0 Å². The molecule has 3 amide bonds. The van der Waals surface area contributed by atoms with E-state index in [-0.39, 0.29) is 52.7 Å². The Morgan fingerprint density at radius 2 is 1.81 bits per heavy atom. The van der Waals surface area contributed by atoms with E-state index in [1.54, 1.807) is 42.1 Å². The number of nitrogens with zero attached hydrogens (tertiary/aromatic N) is 1. The minimum Gasteiger partial charge on any atom is -0.483 e. The van der Waals surface area contributed by atoms with Crippen molar-refractivity contribution in [2.24, 2.45) is 35.5 Å². The van der Waals surface area contributed by atoms with E-state index in [0.717, 1.165) is 36.2 Å². The second kappa shape index (κ2) is 12.8. The van der Waals surface area contributed by atoms with Gasteiger partial charge in [0.25, 0.3) is 5.91 Å². The third-order valence-electron chi connectivity index (χ3n) is 9.92. The molecule has 2 aliphatic carbocycles. The van der Waals surface area contributed by atoms with Crippen LogP contribution in [0.4, 0.5) is 5.69 Å². The van der Waals surface area contributed by atoms with E-state index in [0.29, 0.717) is 27.9 Å². The van der Waals surface area contributed by atoms with Crippen molar-refractivity contribution in [2.75, 3.05) is 11.9 Å². The smallest absolute Gasteiger partial charge is 0.326 e. The molecule has 2 aliphatic heterocycles. The Balaban J connectivity index is 1.22. The molecule has 1 saturated heterocycles. The number of aliphatic carboxylic acids is 1. The molecular formula is C33H30BrCl2N3O7S2. The van der Waals surface area contributed by atoms with Crippen molar-refractivity contribution in [3.8, 4) is 5.75 Å². The minimum absolute atomic E-state index is 0.0276. The Hall–Kier alpha value is -2.84. The lowest BCUT2D eigenvalue weighted by atomic mass is 9.68. The number of likely N-dealkylation sites (tertiary alicyclic amines) is 1. The van der Waals surface area contributed by atoms with E-state index < -0.39 is 41.6 Å². The van der Waals surface area contributed by atoms with Crippen LogP contribution in [0, 0.1) is 35.5 Å². The van der Waals surface area contributed by atoms with Crippen molar-refractivity contribution in [3.63, 3.8) is 0 Å². The highest BCUT2D eigenvalue weighted by molar-refractivity contribution is 9.10. The van der Waals surface area contributed by atoms with Crippen LogP contribution in [-0.2, 0) is 19.2 Å². The van der Waals surface area contributed by atoms with Crippen molar-refractivity contribution >= 4 is 91.6 Å². The number of aromatic amines is 1. The topological polar surface area (TPSA) is 146 Å². The monoisotopic (exact) mass is 793 g/mol. The van der Waals surface area contributed by atoms with Crippen LogP contribution in [0.15, 0.2) is 50.7 Å². The number of halogens is 3. The molecule has 1 aromatic heterocycles. The summed E-state index contributed by atoms with van der Waals surface area (Å²) in [5.41, 5.74) is 1.21. The number of hydrogen-bond donors (Lipinski definition) is 3. The molecule has 2 bridgehead atoms. The summed E-state index contributed by atoms with van der Waals surface area (Å²) in [6.07, 6.45) is 0.832. The van der Waals surface area contributed by atoms with Gasteiger partial charge in [0, 0.05) is 31.8 Å². The van der Waals surface area contributed by atoms with Crippen LogP contribution in [0.25, 0.3) is 0 Å². The van der Waals surface area contributed by atoms with Crippen LogP contribution >= 0.6 is 62.2 Å². The third kappa shape index (κ3) is 5.69. The molecule has 10 nitrogen and oxygen atoms in total. The number of thiazole rings is 1. The number of anilines is 1. The summed E-state index contributed by atoms with van der Waals surface area (Å²) in [7, 11) is 0. The summed E-state index contributed by atoms with van der Waals surface area (Å²) < 4.78 is 6.91. The predicted molar refractivity (Wildman–Crippen MR) is 186 cm³/mol. The van der Waals surface area contributed by atoms with Crippen LogP contribution in [0.3, 0.4) is 0 Å². The van der Waals surface area contributed by atoms with Gasteiger partial charge >= 0.3 is 10.8 Å². The van der Waals surface area contributed by atoms with Gasteiger partial charge < -0.3 is 20.1 Å². The van der Waals surface area contributed by atoms with Gasteiger partial charge in [0.15, 0.2) is 6.61 Å². The lowest BCUT2D eigenvalue weighted by Crippen LogP contribution is -2.47. The lowest BCUT2D eigenvalue weighted by Gasteiger charge is -2.43. The average Bonchev–Trinajstić information content (AvgIpc) is 3.76. The van der Waals surface area contributed by atoms with Crippen LogP contribution in [0.2, 0.25) is 10.0 Å². The van der Waals surface area contributed by atoms with Crippen molar-refractivity contribution in [1.29, 1.82) is 0 Å². The average molecular weight is 796 g/mol. The summed E-state index contributed by atoms with van der Waals surface area (Å²) in [5.74, 6) is -4.12. The molecule has 8 atom stereocenters. The van der Waals surface area contributed by atoms with Gasteiger partial charge in [-0.1, -0.05) is 64.3 Å². The van der Waals surface area contributed by atoms with Crippen molar-refractivity contribution in [1.82, 2.24) is 9.88 Å². The number of carbonyl (C=O) groups excluding carboxylic acids is 3. The summed E-state index contributed by atoms with van der Waals surface area (Å²) in [6.45, 7) is 3.43. The number of carboxylic acids is 1. The number of aromatic nitrogens is 1. The zero-order valence-electron chi connectivity index (χ0n) is 25.6. The van der Waals surface area contributed by atoms with E-state index in [1.165, 1.54) is 0 Å². The molecule has 0 radical (unpaired) electrons. The first-order valence-corrected chi connectivity index (χ1v) is 18.7. The molecular weight excluding hydrogens is 765 g/mol. The molecule has 7 unspecified atom stereocenters. The quantitative estimate of drug-likeness (QED) is 0.209. The molecule has 48 heavy (non-hydrogen) atoms. The predicted octanol–water partition coefficient (Wildman–Crippen LogP) is 6.50. The zero-order chi connectivity index (χ0) is 34.2. The maximum atomic E-state index is 14.1. The Morgan fingerprint density at radius 3 is 2.50 bits per heavy atom. The second-order valence-corrected chi connectivity index (χ2v) is 17.1. The van der Waals surface area contributed by atoms with E-state index in [2.05, 4.69) is 26.2 Å². The Bertz CT molecular complexity index is 1920. The first-order chi connectivity index (χ1) is 22.8. The van der Waals surface area contributed by atoms with Gasteiger partial charge in [0.2, 0.25) is 11.8 Å². The maximum absolute atomic E-state index is 14.1. The molecule has 3 fully saturated rings. The third-order valence-corrected chi connectivity index (χ3v) is 13.7. The van der Waals surface area contributed by atoms with E-state index in [4.69, 9.17) is 27.9 Å². The van der Waals surface area contributed by atoms with Crippen LogP contribution in [0.1, 0.15) is 43.0 Å². The molecule has 2 aromatic carbocycles. The summed E-state index contributed by atoms with van der Waals surface area (Å²) in [5, 5.41) is 14.1. The van der Waals surface area contributed by atoms with Gasteiger partial charge in [-0.2, -0.15) is 0 Å². The summed E-state index contributed by atoms with van der Waals surface area (Å²) in [4.78, 5) is 70.6. The fourth-order valence-electron chi connectivity index (χ4n) is 8.27. The molecule has 3 heterocycles. The normalized spacial score (nSPS) is 27.5. The number of imide groups is 1. The molecule has 7 rings (SSSR count). The highest BCUT2D eigenvalue weighted by atomic mass is 79.9.